The van der Waals surface area contributed by atoms with Crippen molar-refractivity contribution in [1.29, 1.82) is 0 Å². The summed E-state index contributed by atoms with van der Waals surface area (Å²) < 4.78 is 0. The van der Waals surface area contributed by atoms with Gasteiger partial charge in [0.1, 0.15) is 0 Å². The van der Waals surface area contributed by atoms with E-state index in [0.717, 1.165) is 18.7 Å². The van der Waals surface area contributed by atoms with Crippen LogP contribution < -0.4 is 0 Å². The van der Waals surface area contributed by atoms with E-state index in [1.54, 1.807) is 6.08 Å². The molecule has 1 aromatic rings. The smallest absolute Gasteiger partial charge is 0.328 e. The van der Waals surface area contributed by atoms with Gasteiger partial charge in [0.15, 0.2) is 0 Å². The van der Waals surface area contributed by atoms with Gasteiger partial charge in [0.2, 0.25) is 0 Å². The number of carboxylic acid groups (broad SMARTS) is 1. The van der Waals surface area contributed by atoms with Crippen molar-refractivity contribution in [3.8, 4) is 0 Å². The first-order valence-electron chi connectivity index (χ1n) is 7.43. The van der Waals surface area contributed by atoms with Gasteiger partial charge in [-0.1, -0.05) is 44.0 Å². The van der Waals surface area contributed by atoms with E-state index in [0.29, 0.717) is 6.04 Å². The molecule has 0 unspecified atom stereocenters. The SMILES string of the molecule is CCN(Cc1ccccc1C=CC(=O)O)C1CCCC1. The van der Waals surface area contributed by atoms with E-state index in [1.165, 1.54) is 37.3 Å². The van der Waals surface area contributed by atoms with Crippen LogP contribution in [0.15, 0.2) is 30.3 Å². The minimum atomic E-state index is -0.900. The van der Waals surface area contributed by atoms with E-state index in [4.69, 9.17) is 5.11 Å². The number of benzene rings is 1. The van der Waals surface area contributed by atoms with Gasteiger partial charge >= 0.3 is 5.97 Å². The summed E-state index contributed by atoms with van der Waals surface area (Å²) in [5.74, 6) is -0.900. The minimum absolute atomic E-state index is 0.691. The third-order valence-electron chi connectivity index (χ3n) is 4.08. The molecular formula is C17H23NO2. The quantitative estimate of drug-likeness (QED) is 0.806. The van der Waals surface area contributed by atoms with Gasteiger partial charge in [-0.25, -0.2) is 4.79 Å². The fraction of sp³-hybridized carbons (Fsp3) is 0.471. The highest BCUT2D eigenvalue weighted by Crippen LogP contribution is 2.25. The highest BCUT2D eigenvalue weighted by Gasteiger charge is 2.21. The van der Waals surface area contributed by atoms with Gasteiger partial charge in [-0.15, -0.1) is 0 Å². The van der Waals surface area contributed by atoms with Crippen molar-refractivity contribution in [1.82, 2.24) is 4.90 Å². The Morgan fingerprint density at radius 3 is 2.70 bits per heavy atom. The van der Waals surface area contributed by atoms with E-state index in [9.17, 15) is 4.79 Å². The summed E-state index contributed by atoms with van der Waals surface area (Å²) in [6.07, 6.45) is 8.16. The lowest BCUT2D eigenvalue weighted by atomic mass is 10.1. The monoisotopic (exact) mass is 273 g/mol. The fourth-order valence-corrected chi connectivity index (χ4v) is 2.99. The maximum absolute atomic E-state index is 10.7. The maximum atomic E-state index is 10.7. The second-order valence-electron chi connectivity index (χ2n) is 5.37. The molecule has 0 bridgehead atoms. The van der Waals surface area contributed by atoms with E-state index in [1.807, 2.05) is 18.2 Å². The molecule has 3 heteroatoms. The molecule has 0 spiro atoms. The second kappa shape index (κ2) is 7.25. The molecule has 1 aromatic carbocycles. The largest absolute Gasteiger partial charge is 0.478 e. The van der Waals surface area contributed by atoms with Crippen LogP contribution in [0, 0.1) is 0 Å². The number of hydrogen-bond acceptors (Lipinski definition) is 2. The van der Waals surface area contributed by atoms with Gasteiger partial charge in [0.25, 0.3) is 0 Å². The third kappa shape index (κ3) is 3.94. The lowest BCUT2D eigenvalue weighted by Crippen LogP contribution is -2.32. The van der Waals surface area contributed by atoms with Crippen LogP contribution in [0.5, 0.6) is 0 Å². The van der Waals surface area contributed by atoms with Crippen LogP contribution in [0.2, 0.25) is 0 Å². The molecule has 0 heterocycles. The molecule has 1 fully saturated rings. The highest BCUT2D eigenvalue weighted by atomic mass is 16.4. The second-order valence-corrected chi connectivity index (χ2v) is 5.37. The predicted octanol–water partition coefficient (Wildman–Crippen LogP) is 3.55. The van der Waals surface area contributed by atoms with E-state index in [2.05, 4.69) is 17.9 Å². The average molecular weight is 273 g/mol. The molecule has 1 aliphatic carbocycles. The topological polar surface area (TPSA) is 40.5 Å². The third-order valence-corrected chi connectivity index (χ3v) is 4.08. The molecule has 108 valence electrons. The van der Waals surface area contributed by atoms with Crippen molar-refractivity contribution in [2.45, 2.75) is 45.2 Å². The van der Waals surface area contributed by atoms with E-state index in [-0.39, 0.29) is 0 Å². The number of rotatable bonds is 6. The molecule has 0 aromatic heterocycles. The Morgan fingerprint density at radius 1 is 1.35 bits per heavy atom. The zero-order valence-corrected chi connectivity index (χ0v) is 12.1. The molecular weight excluding hydrogens is 250 g/mol. The Hall–Kier alpha value is -1.61. The van der Waals surface area contributed by atoms with Crippen molar-refractivity contribution >= 4 is 12.0 Å². The van der Waals surface area contributed by atoms with E-state index >= 15 is 0 Å². The Labute approximate surface area is 120 Å². The Kier molecular flexibility index (Phi) is 5.36. The van der Waals surface area contributed by atoms with Gasteiger partial charge in [-0.3, -0.25) is 4.90 Å². The number of nitrogens with zero attached hydrogens (tertiary/aromatic N) is 1. The van der Waals surface area contributed by atoms with Crippen molar-refractivity contribution in [3.05, 3.63) is 41.5 Å². The Bertz CT molecular complexity index is 476. The normalized spacial score (nSPS) is 16.3. The van der Waals surface area contributed by atoms with Crippen LogP contribution in [0.1, 0.15) is 43.7 Å². The summed E-state index contributed by atoms with van der Waals surface area (Å²) in [4.78, 5) is 13.2. The lowest BCUT2D eigenvalue weighted by Gasteiger charge is -2.28. The van der Waals surface area contributed by atoms with Crippen LogP contribution in [-0.2, 0) is 11.3 Å². The first-order chi connectivity index (χ1) is 9.70. The molecule has 20 heavy (non-hydrogen) atoms. The Balaban J connectivity index is 2.12. The molecule has 1 aliphatic rings. The molecule has 3 nitrogen and oxygen atoms in total. The molecule has 1 N–H and O–H groups in total. The summed E-state index contributed by atoms with van der Waals surface area (Å²) in [6.45, 7) is 4.15. The fourth-order valence-electron chi connectivity index (χ4n) is 2.99. The van der Waals surface area contributed by atoms with Crippen molar-refractivity contribution in [2.75, 3.05) is 6.54 Å². The molecule has 0 radical (unpaired) electrons. The van der Waals surface area contributed by atoms with E-state index < -0.39 is 5.97 Å². The highest BCUT2D eigenvalue weighted by molar-refractivity contribution is 5.85. The molecule has 2 rings (SSSR count). The summed E-state index contributed by atoms with van der Waals surface area (Å²) in [6, 6.07) is 8.75. The van der Waals surface area contributed by atoms with Crippen LogP contribution in [0.4, 0.5) is 0 Å². The molecule has 0 saturated heterocycles. The first-order valence-corrected chi connectivity index (χ1v) is 7.43. The van der Waals surface area contributed by atoms with Crippen LogP contribution >= 0.6 is 0 Å². The maximum Gasteiger partial charge on any atom is 0.328 e. The number of carbonyl (C=O) groups is 1. The Morgan fingerprint density at radius 2 is 2.05 bits per heavy atom. The van der Waals surface area contributed by atoms with Gasteiger partial charge in [0, 0.05) is 18.7 Å². The summed E-state index contributed by atoms with van der Waals surface area (Å²) in [5, 5.41) is 8.77. The zero-order chi connectivity index (χ0) is 14.4. The van der Waals surface area contributed by atoms with Crippen molar-refractivity contribution in [3.63, 3.8) is 0 Å². The van der Waals surface area contributed by atoms with Crippen molar-refractivity contribution < 1.29 is 9.90 Å². The number of aliphatic carboxylic acids is 1. The number of hydrogen-bond donors (Lipinski definition) is 1. The van der Waals surface area contributed by atoms with Crippen LogP contribution in [0.3, 0.4) is 0 Å². The van der Waals surface area contributed by atoms with Crippen LogP contribution in [-0.4, -0.2) is 28.6 Å². The summed E-state index contributed by atoms with van der Waals surface area (Å²) in [5.41, 5.74) is 2.21. The zero-order valence-electron chi connectivity index (χ0n) is 12.1. The molecule has 0 amide bonds. The first kappa shape index (κ1) is 14.8. The molecule has 0 aliphatic heterocycles. The number of carboxylic acids is 1. The lowest BCUT2D eigenvalue weighted by molar-refractivity contribution is -0.131. The summed E-state index contributed by atoms with van der Waals surface area (Å²) >= 11 is 0. The van der Waals surface area contributed by atoms with Crippen LogP contribution in [0.25, 0.3) is 6.08 Å². The summed E-state index contributed by atoms with van der Waals surface area (Å²) in [7, 11) is 0. The van der Waals surface area contributed by atoms with Gasteiger partial charge in [-0.05, 0) is 36.6 Å². The molecule has 0 atom stereocenters. The van der Waals surface area contributed by atoms with Gasteiger partial charge in [0.05, 0.1) is 0 Å². The standard InChI is InChI=1S/C17H23NO2/c1-2-18(16-9-5-6-10-16)13-15-8-4-3-7-14(15)11-12-17(19)20/h3-4,7-8,11-12,16H,2,5-6,9-10,13H2,1H3,(H,19,20). The average Bonchev–Trinajstić information content (AvgIpc) is 2.97. The predicted molar refractivity (Wildman–Crippen MR) is 81.5 cm³/mol. The van der Waals surface area contributed by atoms with Gasteiger partial charge < -0.3 is 5.11 Å². The molecule has 1 saturated carbocycles. The minimum Gasteiger partial charge on any atom is -0.478 e. The van der Waals surface area contributed by atoms with Crippen molar-refractivity contribution in [2.24, 2.45) is 0 Å². The van der Waals surface area contributed by atoms with Gasteiger partial charge in [-0.2, -0.15) is 0 Å².